The van der Waals surface area contributed by atoms with Gasteiger partial charge in [-0.2, -0.15) is 0 Å². The summed E-state index contributed by atoms with van der Waals surface area (Å²) < 4.78 is 11.3. The maximum absolute atomic E-state index is 5.69. The van der Waals surface area contributed by atoms with Gasteiger partial charge in [0, 0.05) is 12.6 Å². The maximum Gasteiger partial charge on any atom is 0.161 e. The smallest absolute Gasteiger partial charge is 0.161 e. The first kappa shape index (κ1) is 19.1. The Kier molecular flexibility index (Phi) is 9.33. The lowest BCUT2D eigenvalue weighted by molar-refractivity contribution is 0.287. The van der Waals surface area contributed by atoms with Crippen LogP contribution in [-0.4, -0.2) is 19.3 Å². The van der Waals surface area contributed by atoms with Gasteiger partial charge in [0.2, 0.25) is 0 Å². The van der Waals surface area contributed by atoms with E-state index in [0.717, 1.165) is 18.0 Å². The average molecular weight is 328 g/mol. The summed E-state index contributed by atoms with van der Waals surface area (Å²) in [6.45, 7) is 6.25. The normalized spacial score (nSPS) is 15.7. The van der Waals surface area contributed by atoms with Crippen LogP contribution in [0.4, 0.5) is 0 Å². The highest BCUT2D eigenvalue weighted by atomic mass is 35.5. The molecule has 0 radical (unpaired) electrons. The molecule has 4 heteroatoms. The van der Waals surface area contributed by atoms with Crippen LogP contribution in [0.3, 0.4) is 0 Å². The number of rotatable bonds is 7. The number of benzene rings is 1. The van der Waals surface area contributed by atoms with Gasteiger partial charge in [0.15, 0.2) is 11.5 Å². The molecule has 0 bridgehead atoms. The maximum atomic E-state index is 5.69. The van der Waals surface area contributed by atoms with E-state index in [1.165, 1.54) is 44.1 Å². The number of nitrogens with one attached hydrogen (secondary N) is 1. The molecule has 0 spiro atoms. The van der Waals surface area contributed by atoms with Crippen molar-refractivity contribution in [2.45, 2.75) is 65.0 Å². The van der Waals surface area contributed by atoms with E-state index >= 15 is 0 Å². The third kappa shape index (κ3) is 6.05. The van der Waals surface area contributed by atoms with Gasteiger partial charge in [0.05, 0.1) is 13.2 Å². The molecule has 1 aliphatic rings. The highest BCUT2D eigenvalue weighted by Gasteiger charge is 2.12. The first-order chi connectivity index (χ1) is 10.3. The van der Waals surface area contributed by atoms with Crippen LogP contribution in [0, 0.1) is 0 Å². The van der Waals surface area contributed by atoms with Gasteiger partial charge in [-0.05, 0) is 44.4 Å². The van der Waals surface area contributed by atoms with Crippen molar-refractivity contribution in [2.24, 2.45) is 0 Å². The van der Waals surface area contributed by atoms with E-state index in [1.807, 2.05) is 19.9 Å². The van der Waals surface area contributed by atoms with Gasteiger partial charge >= 0.3 is 0 Å². The summed E-state index contributed by atoms with van der Waals surface area (Å²) in [6, 6.07) is 6.95. The lowest BCUT2D eigenvalue weighted by Crippen LogP contribution is -2.27. The first-order valence-electron chi connectivity index (χ1n) is 8.45. The monoisotopic (exact) mass is 327 g/mol. The van der Waals surface area contributed by atoms with E-state index in [-0.39, 0.29) is 12.4 Å². The highest BCUT2D eigenvalue weighted by molar-refractivity contribution is 5.85. The number of halogens is 1. The molecular formula is C18H30ClNO2. The average Bonchev–Trinajstić information content (AvgIpc) is 2.76. The van der Waals surface area contributed by atoms with E-state index in [1.54, 1.807) is 0 Å². The molecule has 0 amide bonds. The summed E-state index contributed by atoms with van der Waals surface area (Å²) in [7, 11) is 0. The fourth-order valence-electron chi connectivity index (χ4n) is 2.95. The minimum absolute atomic E-state index is 0. The van der Waals surface area contributed by atoms with E-state index in [0.29, 0.717) is 19.3 Å². The van der Waals surface area contributed by atoms with E-state index in [4.69, 9.17) is 9.47 Å². The summed E-state index contributed by atoms with van der Waals surface area (Å²) in [5.41, 5.74) is 1.27. The zero-order chi connectivity index (χ0) is 14.9. The number of hydrogen-bond acceptors (Lipinski definition) is 3. The number of hydrogen-bond donors (Lipinski definition) is 1. The Morgan fingerprint density at radius 3 is 2.23 bits per heavy atom. The Labute approximate surface area is 141 Å². The van der Waals surface area contributed by atoms with Crippen LogP contribution in [-0.2, 0) is 6.54 Å². The lowest BCUT2D eigenvalue weighted by Gasteiger charge is -2.17. The Morgan fingerprint density at radius 1 is 0.955 bits per heavy atom. The van der Waals surface area contributed by atoms with Gasteiger partial charge in [-0.25, -0.2) is 0 Å². The predicted molar refractivity (Wildman–Crippen MR) is 94.4 cm³/mol. The third-order valence-electron chi connectivity index (χ3n) is 4.06. The highest BCUT2D eigenvalue weighted by Crippen LogP contribution is 2.28. The van der Waals surface area contributed by atoms with Gasteiger partial charge in [0.25, 0.3) is 0 Å². The first-order valence-corrected chi connectivity index (χ1v) is 8.45. The standard InChI is InChI=1S/C18H29NO2.ClH/c1-3-20-17-12-11-15(13-18(17)21-4-2)14-19-16-9-7-5-6-8-10-16;/h11-13,16,19H,3-10,14H2,1-2H3;1H. The predicted octanol–water partition coefficient (Wildman–Crippen LogP) is 4.72. The van der Waals surface area contributed by atoms with Gasteiger partial charge in [-0.1, -0.05) is 31.7 Å². The Bertz CT molecular complexity index is 418. The van der Waals surface area contributed by atoms with Crippen LogP contribution in [0.5, 0.6) is 11.5 Å². The minimum Gasteiger partial charge on any atom is -0.490 e. The van der Waals surface area contributed by atoms with Crippen molar-refractivity contribution in [1.29, 1.82) is 0 Å². The van der Waals surface area contributed by atoms with E-state index in [2.05, 4.69) is 17.4 Å². The largest absolute Gasteiger partial charge is 0.490 e. The molecule has 2 rings (SSSR count). The van der Waals surface area contributed by atoms with Crippen molar-refractivity contribution in [2.75, 3.05) is 13.2 Å². The van der Waals surface area contributed by atoms with Crippen LogP contribution >= 0.6 is 12.4 Å². The van der Waals surface area contributed by atoms with Crippen molar-refractivity contribution in [1.82, 2.24) is 5.32 Å². The second kappa shape index (κ2) is 10.7. The lowest BCUT2D eigenvalue weighted by atomic mass is 10.1. The molecule has 0 aliphatic heterocycles. The molecule has 22 heavy (non-hydrogen) atoms. The molecule has 3 nitrogen and oxygen atoms in total. The molecule has 1 aliphatic carbocycles. The molecule has 0 saturated heterocycles. The molecule has 1 aromatic rings. The molecule has 0 atom stereocenters. The van der Waals surface area contributed by atoms with Crippen molar-refractivity contribution in [3.8, 4) is 11.5 Å². The zero-order valence-corrected chi connectivity index (χ0v) is 14.7. The summed E-state index contributed by atoms with van der Waals surface area (Å²) in [4.78, 5) is 0. The topological polar surface area (TPSA) is 30.5 Å². The van der Waals surface area contributed by atoms with Crippen LogP contribution in [0.2, 0.25) is 0 Å². The zero-order valence-electron chi connectivity index (χ0n) is 13.9. The number of ether oxygens (including phenoxy) is 2. The molecule has 1 fully saturated rings. The summed E-state index contributed by atoms with van der Waals surface area (Å²) in [5.74, 6) is 1.71. The third-order valence-corrected chi connectivity index (χ3v) is 4.06. The minimum atomic E-state index is 0. The van der Waals surface area contributed by atoms with Crippen LogP contribution < -0.4 is 14.8 Å². The van der Waals surface area contributed by atoms with Crippen molar-refractivity contribution in [3.63, 3.8) is 0 Å². The van der Waals surface area contributed by atoms with Crippen LogP contribution in [0.25, 0.3) is 0 Å². The molecule has 0 heterocycles. The van der Waals surface area contributed by atoms with Crippen molar-refractivity contribution >= 4 is 12.4 Å². The van der Waals surface area contributed by atoms with E-state index in [9.17, 15) is 0 Å². The molecule has 126 valence electrons. The molecule has 1 N–H and O–H groups in total. The molecule has 0 unspecified atom stereocenters. The second-order valence-corrected chi connectivity index (χ2v) is 5.72. The quantitative estimate of drug-likeness (QED) is 0.735. The molecule has 0 aromatic heterocycles. The van der Waals surface area contributed by atoms with Gasteiger partial charge < -0.3 is 14.8 Å². The van der Waals surface area contributed by atoms with Gasteiger partial charge in [-0.15, -0.1) is 12.4 Å². The van der Waals surface area contributed by atoms with Gasteiger partial charge in [0.1, 0.15) is 0 Å². The van der Waals surface area contributed by atoms with Gasteiger partial charge in [-0.3, -0.25) is 0 Å². The Morgan fingerprint density at radius 2 is 1.59 bits per heavy atom. The van der Waals surface area contributed by atoms with Crippen LogP contribution in [0.1, 0.15) is 57.9 Å². The fourth-order valence-corrected chi connectivity index (χ4v) is 2.95. The summed E-state index contributed by atoms with van der Waals surface area (Å²) in [6.07, 6.45) is 8.16. The second-order valence-electron chi connectivity index (χ2n) is 5.72. The Balaban J connectivity index is 0.00000242. The van der Waals surface area contributed by atoms with Crippen molar-refractivity contribution < 1.29 is 9.47 Å². The summed E-state index contributed by atoms with van der Waals surface area (Å²) in [5, 5.41) is 3.70. The van der Waals surface area contributed by atoms with Crippen LogP contribution in [0.15, 0.2) is 18.2 Å². The Hall–Kier alpha value is -0.930. The van der Waals surface area contributed by atoms with Crippen molar-refractivity contribution in [3.05, 3.63) is 23.8 Å². The summed E-state index contributed by atoms with van der Waals surface area (Å²) >= 11 is 0. The SMILES string of the molecule is CCOc1ccc(CNC2CCCCCC2)cc1OCC.Cl. The molecule has 1 aromatic carbocycles. The van der Waals surface area contributed by atoms with E-state index < -0.39 is 0 Å². The molecule has 1 saturated carbocycles. The molecular weight excluding hydrogens is 298 g/mol. The fraction of sp³-hybridized carbons (Fsp3) is 0.667.